The van der Waals surface area contributed by atoms with E-state index in [1.54, 1.807) is 0 Å². The maximum Gasteiger partial charge on any atom is 0.165 e. The van der Waals surface area contributed by atoms with Crippen molar-refractivity contribution in [2.24, 2.45) is 7.05 Å². The summed E-state index contributed by atoms with van der Waals surface area (Å²) in [6, 6.07) is 16.7. The molecule has 27 heavy (non-hydrogen) atoms. The number of benzene rings is 2. The van der Waals surface area contributed by atoms with E-state index < -0.39 is 0 Å². The fourth-order valence-corrected chi connectivity index (χ4v) is 4.26. The zero-order chi connectivity index (χ0) is 18.4. The van der Waals surface area contributed by atoms with E-state index in [1.807, 2.05) is 19.2 Å². The minimum Gasteiger partial charge on any atom is -0.359 e. The lowest BCUT2D eigenvalue weighted by Gasteiger charge is -2.17. The maximum absolute atomic E-state index is 6.62. The normalized spacial score (nSPS) is 18.1. The number of rotatable bonds is 4. The monoisotopic (exact) mass is 380 g/mol. The second kappa shape index (κ2) is 6.36. The zero-order valence-electron chi connectivity index (χ0n) is 15.2. The van der Waals surface area contributed by atoms with E-state index in [9.17, 15) is 0 Å². The molecule has 1 aliphatic heterocycles. The Bertz CT molecular complexity index is 975. The molecule has 0 N–H and O–H groups in total. The molecule has 2 aromatic carbocycles. The van der Waals surface area contributed by atoms with Gasteiger partial charge in [0, 0.05) is 24.8 Å². The molecule has 0 amide bonds. The third-order valence-electron chi connectivity index (χ3n) is 5.69. The second-order valence-corrected chi connectivity index (χ2v) is 7.73. The Hall–Kier alpha value is -2.37. The molecule has 2 fully saturated rings. The Morgan fingerprint density at radius 2 is 1.89 bits per heavy atom. The first-order valence-corrected chi connectivity index (χ1v) is 9.65. The van der Waals surface area contributed by atoms with E-state index in [-0.39, 0.29) is 5.41 Å². The Morgan fingerprint density at radius 3 is 2.56 bits per heavy atom. The second-order valence-electron chi connectivity index (χ2n) is 7.32. The average Bonchev–Trinajstić information content (AvgIpc) is 3.12. The van der Waals surface area contributed by atoms with Gasteiger partial charge in [-0.15, -0.1) is 10.2 Å². The summed E-state index contributed by atoms with van der Waals surface area (Å²) in [5, 5.41) is 9.75. The van der Waals surface area contributed by atoms with E-state index in [4.69, 9.17) is 16.3 Å². The van der Waals surface area contributed by atoms with Crippen LogP contribution in [-0.2, 0) is 17.2 Å². The number of halogens is 1. The Balaban J connectivity index is 1.51. The van der Waals surface area contributed by atoms with Gasteiger partial charge in [0.25, 0.3) is 0 Å². The molecule has 5 nitrogen and oxygen atoms in total. The molecule has 1 saturated heterocycles. The van der Waals surface area contributed by atoms with Crippen molar-refractivity contribution in [1.29, 1.82) is 0 Å². The molecule has 1 aliphatic carbocycles. The van der Waals surface area contributed by atoms with Crippen LogP contribution in [0.1, 0.15) is 24.2 Å². The van der Waals surface area contributed by atoms with Gasteiger partial charge in [-0.3, -0.25) is 0 Å². The standard InChI is InChI=1S/C21H21ClN4O/c1-25-19(17-8-7-16(13-18(17)22)26-11-12-27-14-26)23-24-20(25)21(9-10-21)15-5-3-2-4-6-15/h2-8,13H,9-12,14H2,1H3. The summed E-state index contributed by atoms with van der Waals surface area (Å²) >= 11 is 6.62. The summed E-state index contributed by atoms with van der Waals surface area (Å²) < 4.78 is 7.53. The molecule has 0 atom stereocenters. The summed E-state index contributed by atoms with van der Waals surface area (Å²) in [4.78, 5) is 2.17. The van der Waals surface area contributed by atoms with Crippen molar-refractivity contribution in [1.82, 2.24) is 14.8 Å². The smallest absolute Gasteiger partial charge is 0.165 e. The van der Waals surface area contributed by atoms with Gasteiger partial charge in [0.15, 0.2) is 5.82 Å². The first kappa shape index (κ1) is 16.8. The predicted molar refractivity (Wildman–Crippen MR) is 106 cm³/mol. The molecule has 2 heterocycles. The van der Waals surface area contributed by atoms with Crippen LogP contribution in [0.5, 0.6) is 0 Å². The van der Waals surface area contributed by atoms with Crippen LogP contribution in [0.25, 0.3) is 11.4 Å². The van der Waals surface area contributed by atoms with Crippen LogP contribution < -0.4 is 4.90 Å². The zero-order valence-corrected chi connectivity index (χ0v) is 16.0. The van der Waals surface area contributed by atoms with Crippen molar-refractivity contribution in [2.45, 2.75) is 18.3 Å². The van der Waals surface area contributed by atoms with Crippen molar-refractivity contribution < 1.29 is 4.74 Å². The molecule has 0 spiro atoms. The lowest BCUT2D eigenvalue weighted by Crippen LogP contribution is -2.18. The fraction of sp³-hybridized carbons (Fsp3) is 0.333. The average molecular weight is 381 g/mol. The van der Waals surface area contributed by atoms with Crippen LogP contribution in [0, 0.1) is 0 Å². The van der Waals surface area contributed by atoms with E-state index in [0.717, 1.165) is 48.9 Å². The largest absolute Gasteiger partial charge is 0.359 e. The van der Waals surface area contributed by atoms with Crippen molar-refractivity contribution >= 4 is 17.3 Å². The minimum absolute atomic E-state index is 0.0133. The summed E-state index contributed by atoms with van der Waals surface area (Å²) in [5.41, 5.74) is 3.28. The van der Waals surface area contributed by atoms with E-state index in [0.29, 0.717) is 11.8 Å². The highest BCUT2D eigenvalue weighted by atomic mass is 35.5. The van der Waals surface area contributed by atoms with Gasteiger partial charge >= 0.3 is 0 Å². The van der Waals surface area contributed by atoms with Crippen LogP contribution >= 0.6 is 11.6 Å². The molecule has 0 bridgehead atoms. The lowest BCUT2D eigenvalue weighted by molar-refractivity contribution is 0.201. The quantitative estimate of drug-likeness (QED) is 0.686. The molecule has 1 aromatic heterocycles. The van der Waals surface area contributed by atoms with Gasteiger partial charge in [-0.05, 0) is 36.6 Å². The highest BCUT2D eigenvalue weighted by Crippen LogP contribution is 2.53. The Morgan fingerprint density at radius 1 is 1.07 bits per heavy atom. The summed E-state index contributed by atoms with van der Waals surface area (Å²) in [5.74, 6) is 1.82. The van der Waals surface area contributed by atoms with Crippen LogP contribution in [-0.4, -0.2) is 34.6 Å². The maximum atomic E-state index is 6.62. The molecule has 0 unspecified atom stereocenters. The first-order chi connectivity index (χ1) is 13.2. The molecule has 5 rings (SSSR count). The molecular weight excluding hydrogens is 360 g/mol. The highest BCUT2D eigenvalue weighted by molar-refractivity contribution is 6.33. The Labute approximate surface area is 163 Å². The van der Waals surface area contributed by atoms with Gasteiger partial charge in [-0.25, -0.2) is 0 Å². The van der Waals surface area contributed by atoms with E-state index >= 15 is 0 Å². The molecule has 138 valence electrons. The lowest BCUT2D eigenvalue weighted by atomic mass is 9.95. The van der Waals surface area contributed by atoms with Crippen LogP contribution in [0.3, 0.4) is 0 Å². The highest BCUT2D eigenvalue weighted by Gasteiger charge is 2.49. The van der Waals surface area contributed by atoms with Crippen LogP contribution in [0.4, 0.5) is 5.69 Å². The van der Waals surface area contributed by atoms with Gasteiger partial charge in [-0.2, -0.15) is 0 Å². The van der Waals surface area contributed by atoms with Gasteiger partial charge in [0.1, 0.15) is 12.6 Å². The third kappa shape index (κ3) is 2.73. The summed E-state index contributed by atoms with van der Waals surface area (Å²) in [6.45, 7) is 2.26. The Kier molecular flexibility index (Phi) is 3.95. The van der Waals surface area contributed by atoms with Crippen molar-refractivity contribution in [2.75, 3.05) is 24.8 Å². The molecule has 3 aromatic rings. The van der Waals surface area contributed by atoms with E-state index in [1.165, 1.54) is 5.56 Å². The molecule has 6 heteroatoms. The molecule has 0 radical (unpaired) electrons. The predicted octanol–water partition coefficient (Wildman–Crippen LogP) is 4.01. The third-order valence-corrected chi connectivity index (χ3v) is 6.00. The number of nitrogens with zero attached hydrogens (tertiary/aromatic N) is 4. The van der Waals surface area contributed by atoms with Gasteiger partial charge in [-0.1, -0.05) is 41.9 Å². The first-order valence-electron chi connectivity index (χ1n) is 9.27. The van der Waals surface area contributed by atoms with Crippen molar-refractivity contribution in [3.63, 3.8) is 0 Å². The molecular formula is C21H21ClN4O. The SMILES string of the molecule is Cn1c(-c2ccc(N3CCOC3)cc2Cl)nnc1C1(c2ccccc2)CC1. The molecule has 1 saturated carbocycles. The molecule has 2 aliphatic rings. The number of hydrogen-bond donors (Lipinski definition) is 0. The van der Waals surface area contributed by atoms with Gasteiger partial charge in [0.05, 0.1) is 17.0 Å². The number of aromatic nitrogens is 3. The summed E-state index contributed by atoms with van der Waals surface area (Å²) in [7, 11) is 2.03. The number of hydrogen-bond acceptors (Lipinski definition) is 4. The van der Waals surface area contributed by atoms with Gasteiger partial charge in [0.2, 0.25) is 0 Å². The van der Waals surface area contributed by atoms with Gasteiger partial charge < -0.3 is 14.2 Å². The van der Waals surface area contributed by atoms with Crippen LogP contribution in [0.15, 0.2) is 48.5 Å². The van der Waals surface area contributed by atoms with Crippen LogP contribution in [0.2, 0.25) is 5.02 Å². The number of anilines is 1. The summed E-state index contributed by atoms with van der Waals surface area (Å²) in [6.07, 6.45) is 2.20. The van der Waals surface area contributed by atoms with Crippen molar-refractivity contribution in [3.8, 4) is 11.4 Å². The number of ether oxygens (including phenoxy) is 1. The fourth-order valence-electron chi connectivity index (χ4n) is 4.00. The topological polar surface area (TPSA) is 43.2 Å². The van der Waals surface area contributed by atoms with Crippen molar-refractivity contribution in [3.05, 3.63) is 64.9 Å². The minimum atomic E-state index is -0.0133. The van der Waals surface area contributed by atoms with E-state index in [2.05, 4.69) is 56.1 Å².